The van der Waals surface area contributed by atoms with Crippen LogP contribution in [0.4, 0.5) is 5.13 Å². The van der Waals surface area contributed by atoms with Crippen LogP contribution in [0.3, 0.4) is 0 Å². The second kappa shape index (κ2) is 5.10. The van der Waals surface area contributed by atoms with E-state index < -0.39 is 0 Å². The summed E-state index contributed by atoms with van der Waals surface area (Å²) in [5.74, 6) is -0.363. The number of Topliss-reactive ketones (excluding diaryl/α,β-unsaturated/α-hetero) is 1. The molecule has 1 aromatic carbocycles. The van der Waals surface area contributed by atoms with Gasteiger partial charge in [0.05, 0.1) is 10.6 Å². The predicted octanol–water partition coefficient (Wildman–Crippen LogP) is 3.05. The highest BCUT2D eigenvalue weighted by Crippen LogP contribution is 2.24. The molecule has 1 amide bonds. The Hall–Kier alpha value is -2.54. The van der Waals surface area contributed by atoms with Crippen molar-refractivity contribution in [3.63, 3.8) is 0 Å². The fourth-order valence-corrected chi connectivity index (χ4v) is 2.80. The predicted molar refractivity (Wildman–Crippen MR) is 78.8 cm³/mol. The van der Waals surface area contributed by atoms with Gasteiger partial charge in [0.1, 0.15) is 5.52 Å². The number of thiazole rings is 1. The van der Waals surface area contributed by atoms with Crippen LogP contribution in [-0.2, 0) is 0 Å². The molecule has 3 aromatic rings. The van der Waals surface area contributed by atoms with E-state index in [0.29, 0.717) is 32.4 Å². The average Bonchev–Trinajstić information content (AvgIpc) is 3.04. The Morgan fingerprint density at radius 2 is 2.14 bits per heavy atom. The molecular weight excluding hydrogens is 290 g/mol. The molecule has 3 rings (SSSR count). The quantitative estimate of drug-likeness (QED) is 0.751. The van der Waals surface area contributed by atoms with Gasteiger partial charge in [-0.15, -0.1) is 0 Å². The third-order valence-electron chi connectivity index (χ3n) is 2.93. The van der Waals surface area contributed by atoms with Crippen molar-refractivity contribution < 1.29 is 14.0 Å². The number of nitrogens with one attached hydrogen (secondary N) is 1. The summed E-state index contributed by atoms with van der Waals surface area (Å²) in [5, 5.41) is 3.09. The molecule has 7 heteroatoms. The first-order valence-electron chi connectivity index (χ1n) is 6.17. The summed E-state index contributed by atoms with van der Waals surface area (Å²) in [6.07, 6.45) is 1.33. The molecule has 0 unspecified atom stereocenters. The Morgan fingerprint density at radius 3 is 2.86 bits per heavy atom. The number of benzene rings is 1. The van der Waals surface area contributed by atoms with E-state index in [1.807, 2.05) is 0 Å². The molecular formula is C14H11N3O3S. The van der Waals surface area contributed by atoms with Crippen molar-refractivity contribution in [2.75, 3.05) is 5.32 Å². The lowest BCUT2D eigenvalue weighted by molar-refractivity contribution is 0.101. The number of amides is 1. The highest BCUT2D eigenvalue weighted by Gasteiger charge is 2.15. The van der Waals surface area contributed by atoms with Crippen LogP contribution in [0, 0.1) is 6.92 Å². The first kappa shape index (κ1) is 13.4. The van der Waals surface area contributed by atoms with E-state index in [1.54, 1.807) is 25.1 Å². The number of rotatable bonds is 3. The van der Waals surface area contributed by atoms with Gasteiger partial charge in [0.2, 0.25) is 0 Å². The Bertz CT molecular complexity index is 850. The monoisotopic (exact) mass is 301 g/mol. The van der Waals surface area contributed by atoms with Gasteiger partial charge in [0, 0.05) is 12.5 Å². The fourth-order valence-electron chi connectivity index (χ4n) is 1.94. The molecule has 0 spiro atoms. The zero-order valence-corrected chi connectivity index (χ0v) is 12.2. The van der Waals surface area contributed by atoms with Crippen molar-refractivity contribution in [3.8, 4) is 0 Å². The maximum atomic E-state index is 12.2. The van der Waals surface area contributed by atoms with Crippen LogP contribution in [-0.4, -0.2) is 21.7 Å². The van der Waals surface area contributed by atoms with Crippen molar-refractivity contribution >= 4 is 39.3 Å². The molecule has 0 aliphatic carbocycles. The highest BCUT2D eigenvalue weighted by molar-refractivity contribution is 7.17. The van der Waals surface area contributed by atoms with E-state index in [2.05, 4.69) is 15.3 Å². The van der Waals surface area contributed by atoms with Crippen LogP contribution in [0.5, 0.6) is 0 Å². The molecule has 0 bridgehead atoms. The van der Waals surface area contributed by atoms with Crippen LogP contribution in [0.25, 0.3) is 11.1 Å². The molecule has 21 heavy (non-hydrogen) atoms. The first-order chi connectivity index (χ1) is 10.0. The molecule has 0 atom stereocenters. The van der Waals surface area contributed by atoms with E-state index >= 15 is 0 Å². The Balaban J connectivity index is 1.85. The number of anilines is 1. The van der Waals surface area contributed by atoms with E-state index in [0.717, 1.165) is 0 Å². The van der Waals surface area contributed by atoms with Crippen LogP contribution < -0.4 is 5.32 Å². The zero-order valence-electron chi connectivity index (χ0n) is 11.3. The molecule has 0 radical (unpaired) electrons. The highest BCUT2D eigenvalue weighted by atomic mass is 32.1. The number of aryl methyl sites for hydroxylation is 1. The Kier molecular flexibility index (Phi) is 3.26. The lowest BCUT2D eigenvalue weighted by atomic mass is 10.2. The third kappa shape index (κ3) is 2.55. The summed E-state index contributed by atoms with van der Waals surface area (Å²) in [7, 11) is 0. The molecule has 0 aliphatic rings. The molecule has 0 fully saturated rings. The molecule has 1 N–H and O–H groups in total. The fraction of sp³-hybridized carbons (Fsp3) is 0.143. The van der Waals surface area contributed by atoms with Gasteiger partial charge in [-0.2, -0.15) is 0 Å². The van der Waals surface area contributed by atoms with Gasteiger partial charge < -0.3 is 4.42 Å². The van der Waals surface area contributed by atoms with Gasteiger partial charge in [-0.3, -0.25) is 14.9 Å². The number of carbonyl (C=O) groups excluding carboxylic acids is 2. The minimum atomic E-state index is -0.302. The normalized spacial score (nSPS) is 10.8. The van der Waals surface area contributed by atoms with Gasteiger partial charge in [0.15, 0.2) is 22.9 Å². The summed E-state index contributed by atoms with van der Waals surface area (Å²) in [6.45, 7) is 3.22. The number of oxazole rings is 1. The van der Waals surface area contributed by atoms with E-state index in [4.69, 9.17) is 4.42 Å². The maximum Gasteiger partial charge on any atom is 0.257 e. The zero-order chi connectivity index (χ0) is 15.0. The second-order valence-corrected chi connectivity index (χ2v) is 5.48. The summed E-state index contributed by atoms with van der Waals surface area (Å²) in [6, 6.07) is 4.97. The lowest BCUT2D eigenvalue weighted by Crippen LogP contribution is -2.11. The number of hydrogen-bond donors (Lipinski definition) is 1. The SMILES string of the molecule is CC(=O)c1sc(NC(=O)c2ccc3ocnc3c2)nc1C. The van der Waals surface area contributed by atoms with Crippen molar-refractivity contribution in [3.05, 3.63) is 40.7 Å². The van der Waals surface area contributed by atoms with Crippen molar-refractivity contribution in [1.29, 1.82) is 0 Å². The average molecular weight is 301 g/mol. The second-order valence-electron chi connectivity index (χ2n) is 4.48. The lowest BCUT2D eigenvalue weighted by Gasteiger charge is -2.01. The number of carbonyl (C=O) groups is 2. The van der Waals surface area contributed by atoms with E-state index in [1.165, 1.54) is 24.7 Å². The summed E-state index contributed by atoms with van der Waals surface area (Å²) >= 11 is 1.17. The molecule has 0 saturated heterocycles. The largest absolute Gasteiger partial charge is 0.443 e. The maximum absolute atomic E-state index is 12.2. The molecule has 106 valence electrons. The van der Waals surface area contributed by atoms with E-state index in [9.17, 15) is 9.59 Å². The van der Waals surface area contributed by atoms with Gasteiger partial charge in [0.25, 0.3) is 5.91 Å². The number of hydrogen-bond acceptors (Lipinski definition) is 6. The number of nitrogens with zero attached hydrogens (tertiary/aromatic N) is 2. The van der Waals surface area contributed by atoms with E-state index in [-0.39, 0.29) is 11.7 Å². The van der Waals surface area contributed by atoms with Crippen molar-refractivity contribution in [1.82, 2.24) is 9.97 Å². The minimum absolute atomic E-state index is 0.0606. The van der Waals surface area contributed by atoms with Crippen molar-refractivity contribution in [2.45, 2.75) is 13.8 Å². The van der Waals surface area contributed by atoms with Crippen LogP contribution >= 0.6 is 11.3 Å². The van der Waals surface area contributed by atoms with Crippen molar-refractivity contribution in [2.24, 2.45) is 0 Å². The van der Waals surface area contributed by atoms with Gasteiger partial charge in [-0.05, 0) is 25.1 Å². The number of aromatic nitrogens is 2. The molecule has 0 aliphatic heterocycles. The summed E-state index contributed by atoms with van der Waals surface area (Å²) in [4.78, 5) is 32.3. The van der Waals surface area contributed by atoms with Gasteiger partial charge in [-0.25, -0.2) is 9.97 Å². The van der Waals surface area contributed by atoms with Crippen LogP contribution in [0.1, 0.15) is 32.6 Å². The third-order valence-corrected chi connectivity index (χ3v) is 4.10. The molecule has 0 saturated carbocycles. The minimum Gasteiger partial charge on any atom is -0.443 e. The Labute approximate surface area is 123 Å². The number of fused-ring (bicyclic) bond motifs is 1. The van der Waals surface area contributed by atoms with Gasteiger partial charge >= 0.3 is 0 Å². The molecule has 6 nitrogen and oxygen atoms in total. The topological polar surface area (TPSA) is 85.1 Å². The van der Waals surface area contributed by atoms with Gasteiger partial charge in [-0.1, -0.05) is 11.3 Å². The van der Waals surface area contributed by atoms with Crippen LogP contribution in [0.15, 0.2) is 29.0 Å². The smallest absolute Gasteiger partial charge is 0.257 e. The Morgan fingerprint density at radius 1 is 1.33 bits per heavy atom. The molecule has 2 heterocycles. The summed E-state index contributed by atoms with van der Waals surface area (Å²) in [5.41, 5.74) is 2.31. The molecule has 2 aromatic heterocycles. The summed E-state index contributed by atoms with van der Waals surface area (Å²) < 4.78 is 5.13. The van der Waals surface area contributed by atoms with Crippen LogP contribution in [0.2, 0.25) is 0 Å². The first-order valence-corrected chi connectivity index (χ1v) is 6.99. The number of ketones is 1. The standard InChI is InChI=1S/C14H11N3O3S/c1-7-12(8(2)18)21-14(16-7)17-13(19)9-3-4-11-10(5-9)15-6-20-11/h3-6H,1-2H3,(H,16,17,19).